The van der Waals surface area contributed by atoms with E-state index in [1.807, 2.05) is 56.3 Å². The van der Waals surface area contributed by atoms with E-state index in [0.717, 1.165) is 27.5 Å². The Kier molecular flexibility index (Phi) is 4.46. The molecule has 1 atom stereocenters. The second-order valence-corrected chi connectivity index (χ2v) is 5.18. The fraction of sp³-hybridized carbons (Fsp3) is 0.250. The molecule has 2 N–H and O–H groups in total. The molecule has 1 unspecified atom stereocenters. The highest BCUT2D eigenvalue weighted by Gasteiger charge is 2.08. The largest absolute Gasteiger partial charge is 0.489 e. The van der Waals surface area contributed by atoms with Gasteiger partial charge >= 0.3 is 0 Å². The van der Waals surface area contributed by atoms with Crippen LogP contribution in [0.15, 0.2) is 42.5 Å². The van der Waals surface area contributed by atoms with Crippen molar-refractivity contribution in [3.8, 4) is 5.75 Å². The van der Waals surface area contributed by atoms with Gasteiger partial charge in [0.05, 0.1) is 0 Å². The molecule has 0 aliphatic heterocycles. The summed E-state index contributed by atoms with van der Waals surface area (Å²) < 4.78 is 5.88. The Morgan fingerprint density at radius 1 is 1.16 bits per heavy atom. The summed E-state index contributed by atoms with van der Waals surface area (Å²) in [4.78, 5) is 0. The average molecular weight is 276 g/mol. The van der Waals surface area contributed by atoms with Gasteiger partial charge in [0.25, 0.3) is 0 Å². The Balaban J connectivity index is 2.14. The molecule has 0 aromatic heterocycles. The van der Waals surface area contributed by atoms with Crippen molar-refractivity contribution < 1.29 is 4.74 Å². The van der Waals surface area contributed by atoms with Crippen molar-refractivity contribution in [1.29, 1.82) is 0 Å². The lowest BCUT2D eigenvalue weighted by molar-refractivity contribution is 0.301. The first-order chi connectivity index (χ1) is 9.06. The molecule has 0 radical (unpaired) electrons. The van der Waals surface area contributed by atoms with Crippen LogP contribution in [0.2, 0.25) is 5.02 Å². The Bertz CT molecular complexity index is 549. The van der Waals surface area contributed by atoms with Gasteiger partial charge in [-0.1, -0.05) is 35.9 Å². The third-order valence-electron chi connectivity index (χ3n) is 2.97. The minimum Gasteiger partial charge on any atom is -0.489 e. The molecule has 0 saturated heterocycles. The molecule has 19 heavy (non-hydrogen) atoms. The van der Waals surface area contributed by atoms with E-state index in [-0.39, 0.29) is 6.04 Å². The summed E-state index contributed by atoms with van der Waals surface area (Å²) in [6.07, 6.45) is 0. The summed E-state index contributed by atoms with van der Waals surface area (Å²) in [5.41, 5.74) is 9.23. The van der Waals surface area contributed by atoms with Crippen LogP contribution in [0.5, 0.6) is 5.75 Å². The molecule has 2 nitrogen and oxygen atoms in total. The van der Waals surface area contributed by atoms with E-state index in [9.17, 15) is 0 Å². The molecule has 0 fully saturated rings. The lowest BCUT2D eigenvalue weighted by Gasteiger charge is -2.15. The molecule has 0 spiro atoms. The molecule has 0 heterocycles. The predicted molar refractivity (Wildman–Crippen MR) is 79.6 cm³/mol. The maximum atomic E-state index is 5.96. The zero-order valence-electron chi connectivity index (χ0n) is 11.2. The van der Waals surface area contributed by atoms with E-state index in [2.05, 4.69) is 0 Å². The quantitative estimate of drug-likeness (QED) is 0.905. The highest BCUT2D eigenvalue weighted by Crippen LogP contribution is 2.26. The summed E-state index contributed by atoms with van der Waals surface area (Å²) in [7, 11) is 0. The van der Waals surface area contributed by atoms with Crippen LogP contribution in [0.4, 0.5) is 0 Å². The molecule has 0 amide bonds. The summed E-state index contributed by atoms with van der Waals surface area (Å²) >= 11 is 5.86. The second-order valence-electron chi connectivity index (χ2n) is 4.75. The lowest BCUT2D eigenvalue weighted by atomic mass is 10.1. The fourth-order valence-corrected chi connectivity index (χ4v) is 2.01. The van der Waals surface area contributed by atoms with Crippen LogP contribution in [0, 0.1) is 6.92 Å². The number of aryl methyl sites for hydroxylation is 1. The van der Waals surface area contributed by atoms with Crippen molar-refractivity contribution in [3.05, 3.63) is 64.2 Å². The van der Waals surface area contributed by atoms with E-state index in [1.165, 1.54) is 0 Å². The van der Waals surface area contributed by atoms with Gasteiger partial charge in [-0.25, -0.2) is 0 Å². The van der Waals surface area contributed by atoms with E-state index < -0.39 is 0 Å². The third-order valence-corrected chi connectivity index (χ3v) is 3.22. The average Bonchev–Trinajstić information content (AvgIpc) is 2.38. The smallest absolute Gasteiger partial charge is 0.124 e. The summed E-state index contributed by atoms with van der Waals surface area (Å²) in [5, 5.41) is 0.732. The Hall–Kier alpha value is -1.51. The zero-order valence-corrected chi connectivity index (χ0v) is 11.9. The van der Waals surface area contributed by atoms with Crippen molar-refractivity contribution in [1.82, 2.24) is 0 Å². The Labute approximate surface area is 119 Å². The maximum Gasteiger partial charge on any atom is 0.124 e. The van der Waals surface area contributed by atoms with Gasteiger partial charge in [0, 0.05) is 16.6 Å². The van der Waals surface area contributed by atoms with Crippen molar-refractivity contribution in [2.75, 3.05) is 0 Å². The highest BCUT2D eigenvalue weighted by molar-refractivity contribution is 6.30. The van der Waals surface area contributed by atoms with Gasteiger partial charge in [-0.2, -0.15) is 0 Å². The molecule has 3 heteroatoms. The topological polar surface area (TPSA) is 35.2 Å². The van der Waals surface area contributed by atoms with Gasteiger partial charge in [-0.15, -0.1) is 0 Å². The fourth-order valence-electron chi connectivity index (χ4n) is 1.88. The summed E-state index contributed by atoms with van der Waals surface area (Å²) in [6, 6.07) is 13.7. The number of hydrogen-bond acceptors (Lipinski definition) is 2. The third kappa shape index (κ3) is 3.72. The molecule has 100 valence electrons. The number of benzene rings is 2. The first-order valence-corrected chi connectivity index (χ1v) is 6.67. The van der Waals surface area contributed by atoms with Crippen molar-refractivity contribution in [2.45, 2.75) is 26.5 Å². The molecule has 0 aliphatic rings. The van der Waals surface area contributed by atoms with Crippen LogP contribution in [-0.2, 0) is 6.61 Å². The van der Waals surface area contributed by atoms with E-state index in [1.54, 1.807) is 0 Å². The Morgan fingerprint density at radius 2 is 1.84 bits per heavy atom. The second kappa shape index (κ2) is 6.09. The van der Waals surface area contributed by atoms with Crippen LogP contribution in [0.25, 0.3) is 0 Å². The van der Waals surface area contributed by atoms with Crippen molar-refractivity contribution >= 4 is 11.6 Å². The number of ether oxygens (including phenoxy) is 1. The lowest BCUT2D eigenvalue weighted by Crippen LogP contribution is -2.08. The molecule has 2 aromatic rings. The Morgan fingerprint density at radius 3 is 2.47 bits per heavy atom. The van der Waals surface area contributed by atoms with Crippen LogP contribution >= 0.6 is 11.6 Å². The number of rotatable bonds is 4. The first kappa shape index (κ1) is 13.9. The summed E-state index contributed by atoms with van der Waals surface area (Å²) in [5.74, 6) is 0.852. The van der Waals surface area contributed by atoms with Gasteiger partial charge < -0.3 is 10.5 Å². The molecule has 2 rings (SSSR count). The maximum absolute atomic E-state index is 5.96. The van der Waals surface area contributed by atoms with Gasteiger partial charge in [0.2, 0.25) is 0 Å². The zero-order chi connectivity index (χ0) is 13.8. The number of hydrogen-bond donors (Lipinski definition) is 1. The molecular formula is C16H18ClNO. The minimum absolute atomic E-state index is 0.0409. The molecule has 0 saturated carbocycles. The molecule has 0 aliphatic carbocycles. The number of nitrogens with two attached hydrogens (primary N) is 1. The van der Waals surface area contributed by atoms with Crippen molar-refractivity contribution in [2.24, 2.45) is 5.73 Å². The van der Waals surface area contributed by atoms with Crippen molar-refractivity contribution in [3.63, 3.8) is 0 Å². The normalized spacial score (nSPS) is 12.2. The van der Waals surface area contributed by atoms with Crippen LogP contribution in [0.3, 0.4) is 0 Å². The highest BCUT2D eigenvalue weighted by atomic mass is 35.5. The monoisotopic (exact) mass is 275 g/mol. The summed E-state index contributed by atoms with van der Waals surface area (Å²) in [6.45, 7) is 4.51. The minimum atomic E-state index is -0.0409. The molecule has 2 aromatic carbocycles. The van der Waals surface area contributed by atoms with Gasteiger partial charge in [0.1, 0.15) is 12.4 Å². The SMILES string of the molecule is Cc1ccc(C(C)N)c(OCc2ccc(Cl)cc2)c1. The first-order valence-electron chi connectivity index (χ1n) is 6.29. The van der Waals surface area contributed by atoms with Crippen LogP contribution < -0.4 is 10.5 Å². The van der Waals surface area contributed by atoms with Crippen LogP contribution in [-0.4, -0.2) is 0 Å². The van der Waals surface area contributed by atoms with E-state index >= 15 is 0 Å². The number of halogens is 1. The molecular weight excluding hydrogens is 258 g/mol. The van der Waals surface area contributed by atoms with Gasteiger partial charge in [-0.3, -0.25) is 0 Å². The van der Waals surface area contributed by atoms with Crippen LogP contribution in [0.1, 0.15) is 29.7 Å². The predicted octanol–water partition coefficient (Wildman–Crippen LogP) is 4.25. The van der Waals surface area contributed by atoms with E-state index in [4.69, 9.17) is 22.1 Å². The van der Waals surface area contributed by atoms with Gasteiger partial charge in [0.15, 0.2) is 0 Å². The van der Waals surface area contributed by atoms with Gasteiger partial charge in [-0.05, 0) is 43.2 Å². The molecule has 0 bridgehead atoms. The van der Waals surface area contributed by atoms with E-state index in [0.29, 0.717) is 6.61 Å². The standard InChI is InChI=1S/C16H18ClNO/c1-11-3-8-15(12(2)18)16(9-11)19-10-13-4-6-14(17)7-5-13/h3-9,12H,10,18H2,1-2H3.